The average Bonchev–Trinajstić information content (AvgIpc) is 2.76. The van der Waals surface area contributed by atoms with Gasteiger partial charge in [0.05, 0.1) is 0 Å². The molecule has 3 aromatic rings. The van der Waals surface area contributed by atoms with Gasteiger partial charge in [-0.2, -0.15) is 4.57 Å². The van der Waals surface area contributed by atoms with E-state index in [-0.39, 0.29) is 18.4 Å². The second kappa shape index (κ2) is 9.64. The van der Waals surface area contributed by atoms with Crippen LogP contribution in [-0.4, -0.2) is 29.8 Å². The van der Waals surface area contributed by atoms with E-state index < -0.39 is 0 Å². The molecule has 5 nitrogen and oxygen atoms in total. The van der Waals surface area contributed by atoms with Gasteiger partial charge in [-0.1, -0.05) is 30.3 Å². The smallest absolute Gasteiger partial charge is 0.290 e. The molecule has 0 radical (unpaired) electrons. The van der Waals surface area contributed by atoms with Crippen molar-refractivity contribution in [2.75, 3.05) is 18.4 Å². The lowest BCUT2D eigenvalue weighted by Gasteiger charge is -2.18. The van der Waals surface area contributed by atoms with Crippen molar-refractivity contribution in [3.05, 3.63) is 84.7 Å². The van der Waals surface area contributed by atoms with Crippen LogP contribution in [-0.2, 0) is 11.3 Å². The molecule has 29 heavy (non-hydrogen) atoms. The summed E-state index contributed by atoms with van der Waals surface area (Å²) in [5, 5.41) is 2.89. The van der Waals surface area contributed by atoms with Crippen molar-refractivity contribution < 1.29 is 14.2 Å². The van der Waals surface area contributed by atoms with Gasteiger partial charge < -0.3 is 10.2 Å². The van der Waals surface area contributed by atoms with Gasteiger partial charge in [0.25, 0.3) is 11.8 Å². The van der Waals surface area contributed by atoms with Gasteiger partial charge in [-0.25, -0.2) is 0 Å². The molecule has 0 unspecified atom stereocenters. The molecule has 5 heteroatoms. The highest BCUT2D eigenvalue weighted by Crippen LogP contribution is 2.16. The number of benzene rings is 2. The van der Waals surface area contributed by atoms with Crippen LogP contribution in [0.4, 0.5) is 5.69 Å². The summed E-state index contributed by atoms with van der Waals surface area (Å²) < 4.78 is 1.86. The Hall–Kier alpha value is -3.47. The second-order valence-electron chi connectivity index (χ2n) is 6.73. The van der Waals surface area contributed by atoms with Gasteiger partial charge >= 0.3 is 0 Å². The summed E-state index contributed by atoms with van der Waals surface area (Å²) >= 11 is 0. The van der Waals surface area contributed by atoms with Gasteiger partial charge in [-0.15, -0.1) is 0 Å². The van der Waals surface area contributed by atoms with Crippen molar-refractivity contribution in [2.45, 2.75) is 20.4 Å². The van der Waals surface area contributed by atoms with E-state index in [1.807, 2.05) is 73.3 Å². The monoisotopic (exact) mass is 388 g/mol. The summed E-state index contributed by atoms with van der Waals surface area (Å²) in [6.07, 6.45) is 3.83. The van der Waals surface area contributed by atoms with Gasteiger partial charge in [-0.3, -0.25) is 9.59 Å². The van der Waals surface area contributed by atoms with Gasteiger partial charge in [-0.05, 0) is 49.7 Å². The van der Waals surface area contributed by atoms with Gasteiger partial charge in [0.15, 0.2) is 12.4 Å². The predicted molar refractivity (Wildman–Crippen MR) is 114 cm³/mol. The van der Waals surface area contributed by atoms with Crippen LogP contribution >= 0.6 is 0 Å². The highest BCUT2D eigenvalue weighted by atomic mass is 16.2. The standard InChI is InChI=1S/C24H25N3O2/c1-3-27(4-2)24(29)20-12-14-22(15-13-20)25-23(28)18-26-16-8-11-21(17-26)19-9-6-5-7-10-19/h5-17H,3-4,18H2,1-2H3/p+1. The molecule has 2 amide bonds. The Bertz CT molecular complexity index is 965. The molecule has 2 aromatic carbocycles. The third-order valence-electron chi connectivity index (χ3n) is 4.76. The summed E-state index contributed by atoms with van der Waals surface area (Å²) in [5.41, 5.74) is 3.46. The van der Waals surface area contributed by atoms with Crippen LogP contribution in [0.25, 0.3) is 11.1 Å². The summed E-state index contributed by atoms with van der Waals surface area (Å²) in [5.74, 6) is -0.121. The molecule has 0 atom stereocenters. The lowest BCUT2D eigenvalue weighted by Crippen LogP contribution is -2.39. The number of hydrogen-bond acceptors (Lipinski definition) is 2. The van der Waals surface area contributed by atoms with Crippen LogP contribution in [0.1, 0.15) is 24.2 Å². The first-order chi connectivity index (χ1) is 14.1. The van der Waals surface area contributed by atoms with E-state index >= 15 is 0 Å². The molecule has 3 rings (SSSR count). The molecule has 0 spiro atoms. The van der Waals surface area contributed by atoms with Crippen LogP contribution in [0.2, 0.25) is 0 Å². The number of anilines is 1. The van der Waals surface area contributed by atoms with E-state index in [0.717, 1.165) is 11.1 Å². The lowest BCUT2D eigenvalue weighted by molar-refractivity contribution is -0.683. The van der Waals surface area contributed by atoms with E-state index in [2.05, 4.69) is 5.32 Å². The average molecular weight is 388 g/mol. The number of nitrogens with zero attached hydrogens (tertiary/aromatic N) is 2. The van der Waals surface area contributed by atoms with Crippen molar-refractivity contribution in [1.82, 2.24) is 4.90 Å². The first-order valence-electron chi connectivity index (χ1n) is 9.84. The van der Waals surface area contributed by atoms with Crippen LogP contribution in [0, 0.1) is 0 Å². The number of carbonyl (C=O) groups is 2. The fourth-order valence-electron chi connectivity index (χ4n) is 3.18. The van der Waals surface area contributed by atoms with Crippen LogP contribution in [0.5, 0.6) is 0 Å². The zero-order valence-electron chi connectivity index (χ0n) is 16.8. The largest absolute Gasteiger partial charge is 0.339 e. The maximum Gasteiger partial charge on any atom is 0.290 e. The number of nitrogens with one attached hydrogen (secondary N) is 1. The molecule has 1 N–H and O–H groups in total. The zero-order valence-corrected chi connectivity index (χ0v) is 16.8. The van der Waals surface area contributed by atoms with E-state index in [0.29, 0.717) is 24.3 Å². The Balaban J connectivity index is 1.63. The number of aromatic nitrogens is 1. The molecule has 148 valence electrons. The van der Waals surface area contributed by atoms with Gasteiger partial charge in [0.1, 0.15) is 0 Å². The zero-order chi connectivity index (χ0) is 20.6. The molecule has 1 aromatic heterocycles. The molecular weight excluding hydrogens is 362 g/mol. The summed E-state index contributed by atoms with van der Waals surface area (Å²) in [7, 11) is 0. The normalized spacial score (nSPS) is 10.4. The summed E-state index contributed by atoms with van der Waals surface area (Å²) in [6, 6.07) is 21.0. The van der Waals surface area contributed by atoms with Crippen molar-refractivity contribution in [3.8, 4) is 11.1 Å². The minimum Gasteiger partial charge on any atom is -0.339 e. The first-order valence-corrected chi connectivity index (χ1v) is 9.84. The summed E-state index contributed by atoms with van der Waals surface area (Å²) in [4.78, 5) is 26.6. The highest BCUT2D eigenvalue weighted by Gasteiger charge is 2.14. The topological polar surface area (TPSA) is 53.3 Å². The maximum atomic E-state index is 12.4. The lowest BCUT2D eigenvalue weighted by atomic mass is 10.1. The highest BCUT2D eigenvalue weighted by molar-refractivity contribution is 5.95. The molecule has 0 aliphatic carbocycles. The third-order valence-corrected chi connectivity index (χ3v) is 4.76. The van der Waals surface area contributed by atoms with Gasteiger partial charge in [0.2, 0.25) is 6.54 Å². The second-order valence-corrected chi connectivity index (χ2v) is 6.73. The third kappa shape index (κ3) is 5.29. The van der Waals surface area contributed by atoms with Crippen molar-refractivity contribution in [3.63, 3.8) is 0 Å². The van der Waals surface area contributed by atoms with E-state index in [1.54, 1.807) is 29.2 Å². The molecule has 0 aliphatic heterocycles. The number of amides is 2. The molecule has 0 bridgehead atoms. The predicted octanol–water partition coefficient (Wildman–Crippen LogP) is 3.76. The maximum absolute atomic E-state index is 12.4. The molecule has 0 aliphatic rings. The SMILES string of the molecule is CCN(CC)C(=O)c1ccc(NC(=O)C[n+]2cccc(-c3ccccc3)c2)cc1. The van der Waals surface area contributed by atoms with E-state index in [4.69, 9.17) is 0 Å². The Morgan fingerprint density at radius 3 is 2.17 bits per heavy atom. The molecule has 0 saturated carbocycles. The fraction of sp³-hybridized carbons (Fsp3) is 0.208. The van der Waals surface area contributed by atoms with E-state index in [9.17, 15) is 9.59 Å². The quantitative estimate of drug-likeness (QED) is 0.627. The molecule has 0 saturated heterocycles. The minimum atomic E-state index is -0.122. The molecule has 1 heterocycles. The Kier molecular flexibility index (Phi) is 6.74. The molecule has 0 fully saturated rings. The van der Waals surface area contributed by atoms with Crippen LogP contribution < -0.4 is 9.88 Å². The van der Waals surface area contributed by atoms with Crippen molar-refractivity contribution in [1.29, 1.82) is 0 Å². The van der Waals surface area contributed by atoms with Gasteiger partial charge in [0, 0.05) is 36.0 Å². The Morgan fingerprint density at radius 2 is 1.52 bits per heavy atom. The fourth-order valence-corrected chi connectivity index (χ4v) is 3.18. The number of pyridine rings is 1. The molecular formula is C24H26N3O2+. The summed E-state index contributed by atoms with van der Waals surface area (Å²) in [6.45, 7) is 5.47. The number of rotatable bonds is 7. The van der Waals surface area contributed by atoms with Crippen molar-refractivity contribution in [2.24, 2.45) is 0 Å². The number of carbonyl (C=O) groups excluding carboxylic acids is 2. The Morgan fingerprint density at radius 1 is 0.862 bits per heavy atom. The van der Waals surface area contributed by atoms with Crippen molar-refractivity contribution >= 4 is 17.5 Å². The van der Waals surface area contributed by atoms with Crippen LogP contribution in [0.15, 0.2) is 79.1 Å². The van der Waals surface area contributed by atoms with E-state index in [1.165, 1.54) is 0 Å². The minimum absolute atomic E-state index is 0.00107. The van der Waals surface area contributed by atoms with Crippen LogP contribution in [0.3, 0.4) is 0 Å². The Labute approximate surface area is 171 Å². The first kappa shape index (κ1) is 20.3. The number of hydrogen-bond donors (Lipinski definition) is 1.